The van der Waals surface area contributed by atoms with Crippen LogP contribution in [0.4, 0.5) is 10.1 Å². The molecule has 0 unspecified atom stereocenters. The van der Waals surface area contributed by atoms with Gasteiger partial charge in [0, 0.05) is 31.1 Å². The molecule has 0 aliphatic heterocycles. The van der Waals surface area contributed by atoms with E-state index in [1.54, 1.807) is 29.9 Å². The van der Waals surface area contributed by atoms with E-state index in [1.165, 1.54) is 0 Å². The number of benzene rings is 1. The summed E-state index contributed by atoms with van der Waals surface area (Å²) in [6.07, 6.45) is 1.76. The molecule has 1 aromatic carbocycles. The summed E-state index contributed by atoms with van der Waals surface area (Å²) < 4.78 is 41.5. The molecule has 1 aromatic heterocycles. The Kier molecular flexibility index (Phi) is 4.05. The molecule has 0 fully saturated rings. The van der Waals surface area contributed by atoms with Crippen molar-refractivity contribution < 1.29 is 17.7 Å². The van der Waals surface area contributed by atoms with Crippen LogP contribution in [0.1, 0.15) is 5.69 Å². The number of rotatable bonds is 5. The minimum atomic E-state index is -3.94. The number of hydrogen-bond acceptors (Lipinski definition) is 4. The van der Waals surface area contributed by atoms with Crippen LogP contribution in [0.25, 0.3) is 0 Å². The molecule has 0 radical (unpaired) electrons. The van der Waals surface area contributed by atoms with E-state index in [2.05, 4.69) is 4.72 Å². The van der Waals surface area contributed by atoms with Crippen LogP contribution in [0, 0.1) is 15.9 Å². The molecule has 1 heterocycles. The number of nitrogens with one attached hydrogen (secondary N) is 1. The smallest absolute Gasteiger partial charge is 0.304 e. The fourth-order valence-corrected chi connectivity index (χ4v) is 2.75. The molecule has 7 nitrogen and oxygen atoms in total. The molecule has 0 atom stereocenters. The normalized spacial score (nSPS) is 11.5. The van der Waals surface area contributed by atoms with Crippen molar-refractivity contribution in [3.63, 3.8) is 0 Å². The van der Waals surface area contributed by atoms with Gasteiger partial charge in [-0.3, -0.25) is 10.1 Å². The predicted molar refractivity (Wildman–Crippen MR) is 72.5 cm³/mol. The maximum Gasteiger partial charge on any atom is 0.304 e. The highest BCUT2D eigenvalue weighted by molar-refractivity contribution is 7.89. The first-order chi connectivity index (χ1) is 9.81. The van der Waals surface area contributed by atoms with E-state index in [4.69, 9.17) is 0 Å². The van der Waals surface area contributed by atoms with Gasteiger partial charge in [0.1, 0.15) is 0 Å². The highest BCUT2D eigenvalue weighted by Crippen LogP contribution is 2.20. The SMILES string of the molecule is Cn1cccc1CNS(=O)(=O)c1ccc([N+](=O)[O-])c(F)c1. The van der Waals surface area contributed by atoms with Crippen LogP contribution >= 0.6 is 0 Å². The summed E-state index contributed by atoms with van der Waals surface area (Å²) in [6, 6.07) is 5.94. The third kappa shape index (κ3) is 3.26. The molecule has 0 aliphatic carbocycles. The number of hydrogen-bond donors (Lipinski definition) is 1. The number of halogens is 1. The number of aromatic nitrogens is 1. The Hall–Kier alpha value is -2.26. The molecule has 2 rings (SSSR count). The predicted octanol–water partition coefficient (Wildman–Crippen LogP) is 1.55. The quantitative estimate of drug-likeness (QED) is 0.669. The molecule has 0 bridgehead atoms. The number of sulfonamides is 1. The van der Waals surface area contributed by atoms with Crippen molar-refractivity contribution in [1.29, 1.82) is 0 Å². The second-order valence-corrected chi connectivity index (χ2v) is 6.07. The van der Waals surface area contributed by atoms with Crippen LogP contribution in [0.3, 0.4) is 0 Å². The van der Waals surface area contributed by atoms with Crippen molar-refractivity contribution in [3.8, 4) is 0 Å². The number of nitro benzene ring substituents is 1. The first kappa shape index (κ1) is 15.1. The Labute approximate surface area is 120 Å². The lowest BCUT2D eigenvalue weighted by atomic mass is 10.3. The van der Waals surface area contributed by atoms with Crippen LogP contribution in [0.2, 0.25) is 0 Å². The molecule has 0 amide bonds. The lowest BCUT2D eigenvalue weighted by molar-refractivity contribution is -0.387. The maximum absolute atomic E-state index is 13.5. The number of nitro groups is 1. The van der Waals surface area contributed by atoms with Crippen LogP contribution < -0.4 is 4.72 Å². The van der Waals surface area contributed by atoms with Gasteiger partial charge in [0.05, 0.1) is 16.4 Å². The van der Waals surface area contributed by atoms with Gasteiger partial charge in [-0.25, -0.2) is 13.1 Å². The second-order valence-electron chi connectivity index (χ2n) is 4.31. The van der Waals surface area contributed by atoms with Crippen molar-refractivity contribution in [2.24, 2.45) is 7.05 Å². The molecule has 0 saturated carbocycles. The minimum Gasteiger partial charge on any atom is -0.353 e. The molecule has 0 aliphatic rings. The van der Waals surface area contributed by atoms with Crippen LogP contribution in [-0.2, 0) is 23.6 Å². The third-order valence-electron chi connectivity index (χ3n) is 2.92. The van der Waals surface area contributed by atoms with Gasteiger partial charge in [-0.05, 0) is 18.2 Å². The zero-order valence-corrected chi connectivity index (χ0v) is 11.8. The fourth-order valence-electron chi connectivity index (χ4n) is 1.74. The average Bonchev–Trinajstić information content (AvgIpc) is 2.81. The van der Waals surface area contributed by atoms with E-state index in [0.29, 0.717) is 6.07 Å². The monoisotopic (exact) mass is 313 g/mol. The van der Waals surface area contributed by atoms with Gasteiger partial charge in [0.2, 0.25) is 15.8 Å². The Bertz CT molecular complexity index is 786. The van der Waals surface area contributed by atoms with Crippen molar-refractivity contribution in [2.45, 2.75) is 11.4 Å². The summed E-state index contributed by atoms with van der Waals surface area (Å²) in [5, 5.41) is 10.5. The van der Waals surface area contributed by atoms with E-state index in [9.17, 15) is 22.9 Å². The zero-order valence-electron chi connectivity index (χ0n) is 11.0. The maximum atomic E-state index is 13.5. The summed E-state index contributed by atoms with van der Waals surface area (Å²) >= 11 is 0. The molecular weight excluding hydrogens is 301 g/mol. The first-order valence-electron chi connectivity index (χ1n) is 5.85. The summed E-state index contributed by atoms with van der Waals surface area (Å²) in [5.74, 6) is -1.19. The topological polar surface area (TPSA) is 94.2 Å². The van der Waals surface area contributed by atoms with Crippen molar-refractivity contribution >= 4 is 15.7 Å². The molecule has 2 aromatic rings. The van der Waals surface area contributed by atoms with Crippen molar-refractivity contribution in [3.05, 3.63) is 58.2 Å². The van der Waals surface area contributed by atoms with E-state index in [-0.39, 0.29) is 11.4 Å². The number of nitrogens with zero attached hydrogens (tertiary/aromatic N) is 2. The molecule has 112 valence electrons. The van der Waals surface area contributed by atoms with Gasteiger partial charge in [-0.2, -0.15) is 4.39 Å². The van der Waals surface area contributed by atoms with Gasteiger partial charge >= 0.3 is 5.69 Å². The molecule has 21 heavy (non-hydrogen) atoms. The van der Waals surface area contributed by atoms with Gasteiger partial charge in [-0.15, -0.1) is 0 Å². The van der Waals surface area contributed by atoms with E-state index in [0.717, 1.165) is 17.8 Å². The summed E-state index contributed by atoms with van der Waals surface area (Å²) in [6.45, 7) is 0.0322. The van der Waals surface area contributed by atoms with Gasteiger partial charge in [-0.1, -0.05) is 0 Å². The lowest BCUT2D eigenvalue weighted by Gasteiger charge is -2.08. The zero-order chi connectivity index (χ0) is 15.6. The van der Waals surface area contributed by atoms with Gasteiger partial charge in [0.15, 0.2) is 0 Å². The van der Waals surface area contributed by atoms with Gasteiger partial charge < -0.3 is 4.57 Å². The van der Waals surface area contributed by atoms with Crippen molar-refractivity contribution in [1.82, 2.24) is 9.29 Å². The van der Waals surface area contributed by atoms with Crippen LogP contribution in [0.5, 0.6) is 0 Å². The Balaban J connectivity index is 2.22. The highest BCUT2D eigenvalue weighted by Gasteiger charge is 2.20. The molecular formula is C12H12FN3O4S. The highest BCUT2D eigenvalue weighted by atomic mass is 32.2. The van der Waals surface area contributed by atoms with E-state index < -0.39 is 26.5 Å². The van der Waals surface area contributed by atoms with E-state index in [1.807, 2.05) is 0 Å². The summed E-state index contributed by atoms with van der Waals surface area (Å²) in [5.41, 5.74) is -0.0441. The largest absolute Gasteiger partial charge is 0.353 e. The Morgan fingerprint density at radius 2 is 2.10 bits per heavy atom. The Morgan fingerprint density at radius 3 is 2.62 bits per heavy atom. The molecule has 1 N–H and O–H groups in total. The standard InChI is InChI=1S/C12H12FN3O4S/c1-15-6-2-3-9(15)8-14-21(19,20)10-4-5-12(16(17)18)11(13)7-10/h2-7,14H,8H2,1H3. The number of aryl methyl sites for hydroxylation is 1. The summed E-state index contributed by atoms with van der Waals surface area (Å²) in [7, 11) is -2.18. The molecule has 9 heteroatoms. The lowest BCUT2D eigenvalue weighted by Crippen LogP contribution is -2.24. The third-order valence-corrected chi connectivity index (χ3v) is 4.32. The molecule has 0 saturated heterocycles. The summed E-state index contributed by atoms with van der Waals surface area (Å²) in [4.78, 5) is 9.22. The fraction of sp³-hybridized carbons (Fsp3) is 0.167. The minimum absolute atomic E-state index is 0.0322. The Morgan fingerprint density at radius 1 is 1.38 bits per heavy atom. The molecule has 0 spiro atoms. The second kappa shape index (κ2) is 5.62. The van der Waals surface area contributed by atoms with Gasteiger partial charge in [0.25, 0.3) is 0 Å². The van der Waals surface area contributed by atoms with E-state index >= 15 is 0 Å². The first-order valence-corrected chi connectivity index (χ1v) is 7.33. The van der Waals surface area contributed by atoms with Crippen LogP contribution in [-0.4, -0.2) is 17.9 Å². The van der Waals surface area contributed by atoms with Crippen molar-refractivity contribution in [2.75, 3.05) is 0 Å². The average molecular weight is 313 g/mol. The van der Waals surface area contributed by atoms with Crippen LogP contribution in [0.15, 0.2) is 41.4 Å².